The molecule has 16 heavy (non-hydrogen) atoms. The Balaban J connectivity index is 2.56. The highest BCUT2D eigenvalue weighted by Crippen LogP contribution is 2.27. The highest BCUT2D eigenvalue weighted by atomic mass is 79.9. The lowest BCUT2D eigenvalue weighted by molar-refractivity contribution is 1.08. The van der Waals surface area contributed by atoms with Gasteiger partial charge in [-0.25, -0.2) is 15.8 Å². The molecule has 5 heteroatoms. The second-order valence-corrected chi connectivity index (χ2v) is 4.20. The number of nitrogens with two attached hydrogens (primary N) is 1. The molecule has 0 spiro atoms. The number of rotatable bonds is 2. The summed E-state index contributed by atoms with van der Waals surface area (Å²) in [5.74, 6) is 5.74. The van der Waals surface area contributed by atoms with Crippen molar-refractivity contribution in [1.29, 1.82) is 0 Å². The monoisotopic (exact) mass is 278 g/mol. The number of nitrogen functional groups attached to an aromatic ring is 1. The minimum atomic E-state index is 0.422. The van der Waals surface area contributed by atoms with Crippen molar-refractivity contribution in [2.75, 3.05) is 5.43 Å². The van der Waals surface area contributed by atoms with Gasteiger partial charge in [0.05, 0.1) is 5.69 Å². The Labute approximate surface area is 102 Å². The van der Waals surface area contributed by atoms with Crippen molar-refractivity contribution in [2.24, 2.45) is 5.84 Å². The summed E-state index contributed by atoms with van der Waals surface area (Å²) in [6.07, 6.45) is 0. The minimum absolute atomic E-state index is 0.422. The van der Waals surface area contributed by atoms with Gasteiger partial charge in [0.1, 0.15) is 0 Å². The van der Waals surface area contributed by atoms with Gasteiger partial charge in [0.25, 0.3) is 0 Å². The molecule has 0 amide bonds. The fraction of sp³-hybridized carbons (Fsp3) is 0.0909. The highest BCUT2D eigenvalue weighted by molar-refractivity contribution is 9.10. The molecule has 0 saturated carbocycles. The van der Waals surface area contributed by atoms with E-state index in [1.54, 1.807) is 0 Å². The van der Waals surface area contributed by atoms with E-state index in [0.717, 1.165) is 21.4 Å². The number of hydrogen-bond acceptors (Lipinski definition) is 4. The maximum atomic E-state index is 5.32. The van der Waals surface area contributed by atoms with Gasteiger partial charge in [0.2, 0.25) is 5.95 Å². The topological polar surface area (TPSA) is 63.8 Å². The SMILES string of the molecule is Cc1cc(-c2ccccc2Br)nc(NN)n1. The van der Waals surface area contributed by atoms with Crippen LogP contribution in [0, 0.1) is 6.92 Å². The molecule has 1 heterocycles. The third-order valence-corrected chi connectivity index (χ3v) is 2.82. The zero-order valence-electron chi connectivity index (χ0n) is 8.74. The molecule has 0 saturated heterocycles. The first-order chi connectivity index (χ1) is 7.70. The maximum Gasteiger partial charge on any atom is 0.237 e. The predicted octanol–water partition coefficient (Wildman–Crippen LogP) is 2.50. The molecule has 1 aromatic carbocycles. The molecule has 0 unspecified atom stereocenters. The van der Waals surface area contributed by atoms with E-state index in [4.69, 9.17) is 5.84 Å². The smallest absolute Gasteiger partial charge is 0.237 e. The molecule has 0 aliphatic carbocycles. The summed E-state index contributed by atoms with van der Waals surface area (Å²) < 4.78 is 0.996. The number of nitrogens with one attached hydrogen (secondary N) is 1. The average Bonchev–Trinajstić information content (AvgIpc) is 2.28. The lowest BCUT2D eigenvalue weighted by Gasteiger charge is -2.06. The van der Waals surface area contributed by atoms with Gasteiger partial charge in [0, 0.05) is 15.7 Å². The fourth-order valence-corrected chi connectivity index (χ4v) is 1.93. The molecular weight excluding hydrogens is 268 g/mol. The van der Waals surface area contributed by atoms with E-state index >= 15 is 0 Å². The van der Waals surface area contributed by atoms with E-state index < -0.39 is 0 Å². The highest BCUT2D eigenvalue weighted by Gasteiger charge is 2.06. The van der Waals surface area contributed by atoms with Crippen LogP contribution in [0.1, 0.15) is 5.69 Å². The molecule has 0 aliphatic heterocycles. The lowest BCUT2D eigenvalue weighted by atomic mass is 10.1. The third-order valence-electron chi connectivity index (χ3n) is 2.13. The number of hydrazine groups is 1. The van der Waals surface area contributed by atoms with E-state index in [9.17, 15) is 0 Å². The van der Waals surface area contributed by atoms with Gasteiger partial charge in [-0.15, -0.1) is 0 Å². The van der Waals surface area contributed by atoms with Crippen molar-refractivity contribution in [3.63, 3.8) is 0 Å². The van der Waals surface area contributed by atoms with Crippen molar-refractivity contribution in [3.8, 4) is 11.3 Å². The summed E-state index contributed by atoms with van der Waals surface area (Å²) in [5.41, 5.74) is 5.19. The first-order valence-corrected chi connectivity index (χ1v) is 5.57. The Morgan fingerprint density at radius 2 is 2.00 bits per heavy atom. The fourth-order valence-electron chi connectivity index (χ4n) is 1.44. The summed E-state index contributed by atoms with van der Waals surface area (Å²) in [6, 6.07) is 9.81. The second-order valence-electron chi connectivity index (χ2n) is 3.34. The Bertz CT molecular complexity index is 513. The third kappa shape index (κ3) is 2.20. The normalized spacial score (nSPS) is 10.2. The summed E-state index contributed by atoms with van der Waals surface area (Å²) in [4.78, 5) is 8.45. The van der Waals surface area contributed by atoms with Gasteiger partial charge < -0.3 is 0 Å². The molecule has 0 atom stereocenters. The first kappa shape index (κ1) is 11.0. The summed E-state index contributed by atoms with van der Waals surface area (Å²) in [5, 5.41) is 0. The van der Waals surface area contributed by atoms with Crippen LogP contribution in [-0.2, 0) is 0 Å². The number of aryl methyl sites for hydroxylation is 1. The molecular formula is C11H11BrN4. The molecule has 4 nitrogen and oxygen atoms in total. The molecule has 0 bridgehead atoms. The van der Waals surface area contributed by atoms with Gasteiger partial charge in [-0.05, 0) is 19.1 Å². The van der Waals surface area contributed by atoms with Crippen LogP contribution in [0.4, 0.5) is 5.95 Å². The summed E-state index contributed by atoms with van der Waals surface area (Å²) >= 11 is 3.49. The minimum Gasteiger partial charge on any atom is -0.292 e. The maximum absolute atomic E-state index is 5.32. The van der Waals surface area contributed by atoms with E-state index in [2.05, 4.69) is 31.3 Å². The predicted molar refractivity (Wildman–Crippen MR) is 67.7 cm³/mol. The van der Waals surface area contributed by atoms with Crippen LogP contribution in [0.15, 0.2) is 34.8 Å². The number of nitrogens with zero attached hydrogens (tertiary/aromatic N) is 2. The molecule has 0 fully saturated rings. The molecule has 2 rings (SSSR count). The first-order valence-electron chi connectivity index (χ1n) is 4.78. The zero-order chi connectivity index (χ0) is 11.5. The molecule has 2 aromatic rings. The molecule has 0 aliphatic rings. The molecule has 0 radical (unpaired) electrons. The number of aromatic nitrogens is 2. The van der Waals surface area contributed by atoms with Gasteiger partial charge in [0.15, 0.2) is 0 Å². The quantitative estimate of drug-likeness (QED) is 0.655. The van der Waals surface area contributed by atoms with Crippen LogP contribution in [0.25, 0.3) is 11.3 Å². The second kappa shape index (κ2) is 4.59. The van der Waals surface area contributed by atoms with Crippen molar-refractivity contribution in [2.45, 2.75) is 6.92 Å². The van der Waals surface area contributed by atoms with Crippen LogP contribution in [-0.4, -0.2) is 9.97 Å². The van der Waals surface area contributed by atoms with E-state index in [1.807, 2.05) is 37.3 Å². The Hall–Kier alpha value is -1.46. The van der Waals surface area contributed by atoms with E-state index in [1.165, 1.54) is 0 Å². The summed E-state index contributed by atoms with van der Waals surface area (Å²) in [7, 11) is 0. The van der Waals surface area contributed by atoms with Crippen LogP contribution in [0.5, 0.6) is 0 Å². The van der Waals surface area contributed by atoms with Crippen molar-refractivity contribution >= 4 is 21.9 Å². The standard InChI is InChI=1S/C11H11BrN4/c1-7-6-10(15-11(14-7)16-13)8-4-2-3-5-9(8)12/h2-6H,13H2,1H3,(H,14,15,16). The van der Waals surface area contributed by atoms with Crippen LogP contribution < -0.4 is 11.3 Å². The van der Waals surface area contributed by atoms with Crippen LogP contribution in [0.2, 0.25) is 0 Å². The van der Waals surface area contributed by atoms with Crippen molar-refractivity contribution in [1.82, 2.24) is 9.97 Å². The summed E-state index contributed by atoms with van der Waals surface area (Å²) in [6.45, 7) is 1.91. The van der Waals surface area contributed by atoms with Crippen molar-refractivity contribution < 1.29 is 0 Å². The van der Waals surface area contributed by atoms with Crippen LogP contribution in [0.3, 0.4) is 0 Å². The Morgan fingerprint density at radius 3 is 2.69 bits per heavy atom. The van der Waals surface area contributed by atoms with E-state index in [0.29, 0.717) is 5.95 Å². The zero-order valence-corrected chi connectivity index (χ0v) is 10.3. The largest absolute Gasteiger partial charge is 0.292 e. The molecule has 1 aromatic heterocycles. The number of halogens is 1. The Kier molecular flexibility index (Phi) is 3.17. The van der Waals surface area contributed by atoms with Gasteiger partial charge >= 0.3 is 0 Å². The molecule has 82 valence electrons. The number of anilines is 1. The molecule has 3 N–H and O–H groups in total. The number of benzene rings is 1. The average molecular weight is 279 g/mol. The van der Waals surface area contributed by atoms with E-state index in [-0.39, 0.29) is 0 Å². The van der Waals surface area contributed by atoms with Gasteiger partial charge in [-0.1, -0.05) is 34.1 Å². The van der Waals surface area contributed by atoms with Crippen LogP contribution >= 0.6 is 15.9 Å². The van der Waals surface area contributed by atoms with Gasteiger partial charge in [-0.3, -0.25) is 5.43 Å². The van der Waals surface area contributed by atoms with Crippen molar-refractivity contribution in [3.05, 3.63) is 40.5 Å². The Morgan fingerprint density at radius 1 is 1.25 bits per heavy atom. The van der Waals surface area contributed by atoms with Gasteiger partial charge in [-0.2, -0.15) is 0 Å². The lowest BCUT2D eigenvalue weighted by Crippen LogP contribution is -2.11. The number of hydrogen-bond donors (Lipinski definition) is 2.